The van der Waals surface area contributed by atoms with Gasteiger partial charge in [0.15, 0.2) is 0 Å². The maximum absolute atomic E-state index is 10.1. The number of likely N-dealkylation sites (N-methyl/N-ethyl adjacent to an activating group) is 1. The Labute approximate surface area is 109 Å². The molecule has 0 amide bonds. The second kappa shape index (κ2) is 6.18. The minimum atomic E-state index is -0.384. The van der Waals surface area contributed by atoms with Crippen LogP contribution < -0.4 is 5.73 Å². The third-order valence-electron chi connectivity index (χ3n) is 3.64. The Kier molecular flexibility index (Phi) is 4.58. The minimum absolute atomic E-state index is 0.384. The smallest absolute Gasteiger partial charge is 0.0802 e. The number of rotatable bonds is 4. The lowest BCUT2D eigenvalue weighted by Crippen LogP contribution is -2.44. The molecule has 1 unspecified atom stereocenters. The molecule has 0 aliphatic carbocycles. The summed E-state index contributed by atoms with van der Waals surface area (Å²) in [5.41, 5.74) is 7.33. The van der Waals surface area contributed by atoms with Crippen LogP contribution in [0.1, 0.15) is 18.1 Å². The first kappa shape index (κ1) is 13.3. The predicted molar refractivity (Wildman–Crippen MR) is 74.4 cm³/mol. The summed E-state index contributed by atoms with van der Waals surface area (Å²) in [6.45, 7) is 5.41. The predicted octanol–water partition coefficient (Wildman–Crippen LogP) is 0.940. The molecule has 1 fully saturated rings. The number of aliphatic hydroxyl groups is 1. The van der Waals surface area contributed by atoms with Gasteiger partial charge in [-0.1, -0.05) is 12.1 Å². The Hall–Kier alpha value is -1.10. The zero-order valence-electron chi connectivity index (χ0n) is 11.0. The van der Waals surface area contributed by atoms with Gasteiger partial charge in [-0.3, -0.25) is 0 Å². The zero-order chi connectivity index (χ0) is 13.0. The lowest BCUT2D eigenvalue weighted by Gasteiger charge is -2.32. The summed E-state index contributed by atoms with van der Waals surface area (Å²) >= 11 is 0. The van der Waals surface area contributed by atoms with E-state index in [2.05, 4.69) is 16.8 Å². The highest BCUT2D eigenvalue weighted by Crippen LogP contribution is 2.18. The lowest BCUT2D eigenvalue weighted by atomic mass is 10.1. The zero-order valence-corrected chi connectivity index (χ0v) is 11.0. The highest BCUT2D eigenvalue weighted by atomic mass is 16.3. The molecule has 100 valence electrons. The van der Waals surface area contributed by atoms with Crippen molar-refractivity contribution in [1.82, 2.24) is 9.80 Å². The fourth-order valence-corrected chi connectivity index (χ4v) is 2.26. The molecule has 1 heterocycles. The molecule has 4 nitrogen and oxygen atoms in total. The molecule has 2 rings (SSSR count). The molecule has 1 aliphatic rings. The van der Waals surface area contributed by atoms with Crippen LogP contribution in [0.3, 0.4) is 0 Å². The van der Waals surface area contributed by atoms with Gasteiger partial charge >= 0.3 is 0 Å². The SMILES string of the molecule is CN1CCN(CCC(O)c2ccc(N)cc2)CC1. The van der Waals surface area contributed by atoms with E-state index in [1.54, 1.807) is 0 Å². The van der Waals surface area contributed by atoms with Crippen molar-refractivity contribution in [3.63, 3.8) is 0 Å². The summed E-state index contributed by atoms with van der Waals surface area (Å²) in [5.74, 6) is 0. The van der Waals surface area contributed by atoms with Crippen LogP contribution in [0.4, 0.5) is 5.69 Å². The van der Waals surface area contributed by atoms with Crippen LogP contribution >= 0.6 is 0 Å². The van der Waals surface area contributed by atoms with Crippen LogP contribution in [0.5, 0.6) is 0 Å². The van der Waals surface area contributed by atoms with E-state index in [0.717, 1.165) is 50.4 Å². The monoisotopic (exact) mass is 249 g/mol. The van der Waals surface area contributed by atoms with Crippen LogP contribution in [-0.2, 0) is 0 Å². The van der Waals surface area contributed by atoms with Gasteiger partial charge < -0.3 is 20.6 Å². The summed E-state index contributed by atoms with van der Waals surface area (Å²) in [6, 6.07) is 7.50. The van der Waals surface area contributed by atoms with Gasteiger partial charge in [-0.05, 0) is 31.2 Å². The molecule has 1 atom stereocenters. The first-order chi connectivity index (χ1) is 8.65. The van der Waals surface area contributed by atoms with Crippen molar-refractivity contribution in [2.45, 2.75) is 12.5 Å². The Morgan fingerprint density at radius 1 is 1.17 bits per heavy atom. The highest BCUT2D eigenvalue weighted by Gasteiger charge is 2.15. The Morgan fingerprint density at radius 3 is 2.39 bits per heavy atom. The largest absolute Gasteiger partial charge is 0.399 e. The number of nitrogens with two attached hydrogens (primary N) is 1. The van der Waals surface area contributed by atoms with Crippen LogP contribution in [-0.4, -0.2) is 54.7 Å². The maximum atomic E-state index is 10.1. The molecule has 0 bridgehead atoms. The van der Waals surface area contributed by atoms with Crippen molar-refractivity contribution in [3.8, 4) is 0 Å². The molecule has 0 spiro atoms. The van der Waals surface area contributed by atoms with E-state index in [-0.39, 0.29) is 6.10 Å². The molecule has 0 saturated carbocycles. The van der Waals surface area contributed by atoms with Gasteiger partial charge in [0, 0.05) is 38.4 Å². The Morgan fingerprint density at radius 2 is 1.78 bits per heavy atom. The molecule has 1 saturated heterocycles. The van der Waals surface area contributed by atoms with E-state index in [0.29, 0.717) is 0 Å². The number of nitrogens with zero attached hydrogens (tertiary/aromatic N) is 2. The minimum Gasteiger partial charge on any atom is -0.399 e. The van der Waals surface area contributed by atoms with Gasteiger partial charge in [0.2, 0.25) is 0 Å². The molecular formula is C14H23N3O. The maximum Gasteiger partial charge on any atom is 0.0802 e. The van der Waals surface area contributed by atoms with Crippen LogP contribution in [0.25, 0.3) is 0 Å². The summed E-state index contributed by atoms with van der Waals surface area (Å²) in [5, 5.41) is 10.1. The van der Waals surface area contributed by atoms with Crippen molar-refractivity contribution in [2.75, 3.05) is 45.5 Å². The second-order valence-electron chi connectivity index (χ2n) is 5.12. The van der Waals surface area contributed by atoms with E-state index in [4.69, 9.17) is 5.73 Å². The molecule has 1 aromatic rings. The standard InChI is InChI=1S/C14H23N3O/c1-16-8-10-17(11-9-16)7-6-14(18)12-2-4-13(15)5-3-12/h2-5,14,18H,6-11,15H2,1H3. The summed E-state index contributed by atoms with van der Waals surface area (Å²) < 4.78 is 0. The first-order valence-electron chi connectivity index (χ1n) is 6.59. The molecule has 0 radical (unpaired) electrons. The summed E-state index contributed by atoms with van der Waals surface area (Å²) in [6.07, 6.45) is 0.401. The van der Waals surface area contributed by atoms with Gasteiger partial charge in [0.25, 0.3) is 0 Å². The third kappa shape index (κ3) is 3.70. The van der Waals surface area contributed by atoms with Crippen molar-refractivity contribution >= 4 is 5.69 Å². The number of hydrogen-bond acceptors (Lipinski definition) is 4. The van der Waals surface area contributed by atoms with E-state index >= 15 is 0 Å². The number of benzene rings is 1. The number of nitrogen functional groups attached to an aromatic ring is 1. The van der Waals surface area contributed by atoms with E-state index in [1.807, 2.05) is 24.3 Å². The van der Waals surface area contributed by atoms with E-state index in [9.17, 15) is 5.11 Å². The molecular weight excluding hydrogens is 226 g/mol. The van der Waals surface area contributed by atoms with Gasteiger partial charge in [0.1, 0.15) is 0 Å². The van der Waals surface area contributed by atoms with Gasteiger partial charge in [0.05, 0.1) is 6.10 Å². The van der Waals surface area contributed by atoms with Crippen molar-refractivity contribution < 1.29 is 5.11 Å². The lowest BCUT2D eigenvalue weighted by molar-refractivity contribution is 0.113. The fourth-order valence-electron chi connectivity index (χ4n) is 2.26. The molecule has 4 heteroatoms. The summed E-state index contributed by atoms with van der Waals surface area (Å²) in [4.78, 5) is 4.76. The van der Waals surface area contributed by atoms with Gasteiger partial charge in [-0.2, -0.15) is 0 Å². The second-order valence-corrected chi connectivity index (χ2v) is 5.12. The number of piperazine rings is 1. The number of aliphatic hydroxyl groups excluding tert-OH is 1. The van der Waals surface area contributed by atoms with Crippen LogP contribution in [0, 0.1) is 0 Å². The average molecular weight is 249 g/mol. The quantitative estimate of drug-likeness (QED) is 0.780. The van der Waals surface area contributed by atoms with Crippen molar-refractivity contribution in [3.05, 3.63) is 29.8 Å². The van der Waals surface area contributed by atoms with Crippen LogP contribution in [0.15, 0.2) is 24.3 Å². The van der Waals surface area contributed by atoms with Crippen LogP contribution in [0.2, 0.25) is 0 Å². The van der Waals surface area contributed by atoms with E-state index in [1.165, 1.54) is 0 Å². The summed E-state index contributed by atoms with van der Waals surface area (Å²) in [7, 11) is 2.15. The molecule has 1 aliphatic heterocycles. The highest BCUT2D eigenvalue weighted by molar-refractivity contribution is 5.39. The fraction of sp³-hybridized carbons (Fsp3) is 0.571. The number of anilines is 1. The molecule has 3 N–H and O–H groups in total. The van der Waals surface area contributed by atoms with Crippen molar-refractivity contribution in [1.29, 1.82) is 0 Å². The molecule has 0 aromatic heterocycles. The molecule has 1 aromatic carbocycles. The molecule has 18 heavy (non-hydrogen) atoms. The Balaban J connectivity index is 1.77. The first-order valence-corrected chi connectivity index (χ1v) is 6.59. The van der Waals surface area contributed by atoms with E-state index < -0.39 is 0 Å². The normalized spacial score (nSPS) is 19.9. The van der Waals surface area contributed by atoms with Crippen molar-refractivity contribution in [2.24, 2.45) is 0 Å². The van der Waals surface area contributed by atoms with Gasteiger partial charge in [-0.15, -0.1) is 0 Å². The van der Waals surface area contributed by atoms with Gasteiger partial charge in [-0.25, -0.2) is 0 Å². The third-order valence-corrected chi connectivity index (χ3v) is 3.64. The average Bonchev–Trinajstić information content (AvgIpc) is 2.38. The topological polar surface area (TPSA) is 52.7 Å². The Bertz CT molecular complexity index is 358. The number of hydrogen-bond donors (Lipinski definition) is 2.